The Morgan fingerprint density at radius 1 is 1.50 bits per heavy atom. The van der Waals surface area contributed by atoms with Gasteiger partial charge in [0, 0.05) is 18.2 Å². The Bertz CT molecular complexity index is 451. The van der Waals surface area contributed by atoms with Gasteiger partial charge in [0.15, 0.2) is 0 Å². The molecule has 2 atom stereocenters. The molecule has 0 aliphatic heterocycles. The predicted molar refractivity (Wildman–Crippen MR) is 68.1 cm³/mol. The monoisotopic (exact) mass is 252 g/mol. The highest BCUT2D eigenvalue weighted by Gasteiger charge is 2.26. The van der Waals surface area contributed by atoms with Crippen LogP contribution in [0.5, 0.6) is 0 Å². The van der Waals surface area contributed by atoms with Crippen LogP contribution in [0.2, 0.25) is 0 Å². The molecule has 1 saturated carbocycles. The fourth-order valence-corrected chi connectivity index (χ4v) is 2.65. The van der Waals surface area contributed by atoms with Crippen LogP contribution in [-0.4, -0.2) is 11.0 Å². The third-order valence-electron chi connectivity index (χ3n) is 3.69. The van der Waals surface area contributed by atoms with Crippen molar-refractivity contribution in [3.8, 4) is 0 Å². The van der Waals surface area contributed by atoms with Gasteiger partial charge in [0.1, 0.15) is 5.82 Å². The van der Waals surface area contributed by atoms with Crippen molar-refractivity contribution in [3.05, 3.63) is 34.1 Å². The van der Waals surface area contributed by atoms with Gasteiger partial charge in [-0.05, 0) is 24.8 Å². The molecule has 98 valence electrons. The number of nitro groups is 1. The molecule has 1 fully saturated rings. The minimum absolute atomic E-state index is 0.0788. The summed E-state index contributed by atoms with van der Waals surface area (Å²) >= 11 is 0. The van der Waals surface area contributed by atoms with Gasteiger partial charge in [-0.15, -0.1) is 0 Å². The van der Waals surface area contributed by atoms with Gasteiger partial charge in [-0.25, -0.2) is 4.39 Å². The van der Waals surface area contributed by atoms with Crippen molar-refractivity contribution in [1.82, 2.24) is 0 Å². The van der Waals surface area contributed by atoms with Crippen molar-refractivity contribution in [2.24, 2.45) is 5.92 Å². The Labute approximate surface area is 105 Å². The van der Waals surface area contributed by atoms with Crippen molar-refractivity contribution in [3.63, 3.8) is 0 Å². The second-order valence-corrected chi connectivity index (χ2v) is 4.77. The van der Waals surface area contributed by atoms with Crippen LogP contribution in [0.1, 0.15) is 32.6 Å². The van der Waals surface area contributed by atoms with Gasteiger partial charge in [0.05, 0.1) is 10.6 Å². The number of anilines is 1. The second kappa shape index (κ2) is 5.33. The van der Waals surface area contributed by atoms with Gasteiger partial charge in [0.2, 0.25) is 0 Å². The Morgan fingerprint density at radius 3 is 2.94 bits per heavy atom. The molecule has 1 aliphatic carbocycles. The number of rotatable bonds is 4. The van der Waals surface area contributed by atoms with Crippen LogP contribution in [-0.2, 0) is 0 Å². The average molecular weight is 252 g/mol. The Kier molecular flexibility index (Phi) is 3.79. The SMILES string of the molecule is CCC1CCCC1Nc1cc([N+](=O)[O-])ccc1F. The number of hydrogen-bond donors (Lipinski definition) is 1. The highest BCUT2D eigenvalue weighted by Crippen LogP contribution is 2.32. The first kappa shape index (κ1) is 12.8. The molecule has 0 spiro atoms. The Balaban J connectivity index is 2.17. The first-order valence-corrected chi connectivity index (χ1v) is 6.32. The lowest BCUT2D eigenvalue weighted by atomic mass is 10.0. The van der Waals surface area contributed by atoms with E-state index in [1.54, 1.807) is 0 Å². The first-order chi connectivity index (χ1) is 8.61. The van der Waals surface area contributed by atoms with Crippen LogP contribution in [0, 0.1) is 21.8 Å². The largest absolute Gasteiger partial charge is 0.379 e. The smallest absolute Gasteiger partial charge is 0.271 e. The number of nitro benzene ring substituents is 1. The quantitative estimate of drug-likeness (QED) is 0.656. The van der Waals surface area contributed by atoms with Gasteiger partial charge in [-0.2, -0.15) is 0 Å². The fraction of sp³-hybridized carbons (Fsp3) is 0.538. The van der Waals surface area contributed by atoms with E-state index < -0.39 is 10.7 Å². The van der Waals surface area contributed by atoms with Gasteiger partial charge in [0.25, 0.3) is 5.69 Å². The molecule has 1 N–H and O–H groups in total. The molecule has 1 aliphatic rings. The van der Waals surface area contributed by atoms with E-state index in [0.29, 0.717) is 5.92 Å². The summed E-state index contributed by atoms with van der Waals surface area (Å²) in [6.07, 6.45) is 4.33. The normalized spacial score (nSPS) is 23.0. The average Bonchev–Trinajstić information content (AvgIpc) is 2.79. The van der Waals surface area contributed by atoms with Gasteiger partial charge < -0.3 is 5.32 Å². The van der Waals surface area contributed by atoms with Crippen molar-refractivity contribution >= 4 is 11.4 Å². The van der Waals surface area contributed by atoms with Gasteiger partial charge in [-0.3, -0.25) is 10.1 Å². The van der Waals surface area contributed by atoms with Crippen molar-refractivity contribution in [2.45, 2.75) is 38.6 Å². The lowest BCUT2D eigenvalue weighted by Gasteiger charge is -2.21. The van der Waals surface area contributed by atoms with Crippen LogP contribution in [0.4, 0.5) is 15.8 Å². The summed E-state index contributed by atoms with van der Waals surface area (Å²) in [7, 11) is 0. The topological polar surface area (TPSA) is 55.2 Å². The van der Waals surface area contributed by atoms with Gasteiger partial charge >= 0.3 is 0 Å². The summed E-state index contributed by atoms with van der Waals surface area (Å²) in [5, 5.41) is 13.8. The molecule has 18 heavy (non-hydrogen) atoms. The highest BCUT2D eigenvalue weighted by molar-refractivity contribution is 5.53. The standard InChI is InChI=1S/C13H17FN2O2/c1-2-9-4-3-5-12(9)15-13-8-10(16(17)18)6-7-11(13)14/h6-9,12,15H,2-5H2,1H3. The molecule has 1 aromatic rings. The zero-order chi connectivity index (χ0) is 13.1. The minimum atomic E-state index is -0.503. The predicted octanol–water partition coefficient (Wildman–Crippen LogP) is 3.72. The lowest BCUT2D eigenvalue weighted by Crippen LogP contribution is -2.24. The van der Waals surface area contributed by atoms with Crippen LogP contribution < -0.4 is 5.32 Å². The second-order valence-electron chi connectivity index (χ2n) is 4.77. The maximum Gasteiger partial charge on any atom is 0.271 e. The molecule has 0 aromatic heterocycles. The van der Waals surface area contributed by atoms with Crippen LogP contribution in [0.15, 0.2) is 18.2 Å². The molecule has 2 rings (SSSR count). The molecule has 0 amide bonds. The molecular weight excluding hydrogens is 235 g/mol. The highest BCUT2D eigenvalue weighted by atomic mass is 19.1. The number of benzene rings is 1. The van der Waals surface area contributed by atoms with Gasteiger partial charge in [-0.1, -0.05) is 19.8 Å². The third kappa shape index (κ3) is 2.60. The lowest BCUT2D eigenvalue weighted by molar-refractivity contribution is -0.384. The number of nitrogens with one attached hydrogen (secondary N) is 1. The minimum Gasteiger partial charge on any atom is -0.379 e. The number of non-ortho nitro benzene ring substituents is 1. The number of nitrogens with zero attached hydrogens (tertiary/aromatic N) is 1. The summed E-state index contributed by atoms with van der Waals surface area (Å²) < 4.78 is 13.6. The van der Waals surface area contributed by atoms with Crippen molar-refractivity contribution in [1.29, 1.82) is 0 Å². The zero-order valence-electron chi connectivity index (χ0n) is 10.4. The molecule has 2 unspecified atom stereocenters. The summed E-state index contributed by atoms with van der Waals surface area (Å²) in [6.45, 7) is 2.12. The molecule has 4 nitrogen and oxygen atoms in total. The van der Waals surface area contributed by atoms with Crippen LogP contribution >= 0.6 is 0 Å². The number of hydrogen-bond acceptors (Lipinski definition) is 3. The molecule has 0 radical (unpaired) electrons. The number of halogens is 1. The van der Waals surface area contributed by atoms with E-state index in [-0.39, 0.29) is 17.4 Å². The fourth-order valence-electron chi connectivity index (χ4n) is 2.65. The Hall–Kier alpha value is -1.65. The van der Waals surface area contributed by atoms with E-state index in [9.17, 15) is 14.5 Å². The maximum absolute atomic E-state index is 13.6. The van der Waals surface area contributed by atoms with E-state index in [1.165, 1.54) is 12.1 Å². The molecule has 1 aromatic carbocycles. The summed E-state index contributed by atoms with van der Waals surface area (Å²) in [4.78, 5) is 10.2. The Morgan fingerprint density at radius 2 is 2.28 bits per heavy atom. The summed E-state index contributed by atoms with van der Waals surface area (Å²) in [5.74, 6) is 0.103. The zero-order valence-corrected chi connectivity index (χ0v) is 10.4. The van der Waals surface area contributed by atoms with E-state index in [1.807, 2.05) is 0 Å². The first-order valence-electron chi connectivity index (χ1n) is 6.32. The molecule has 0 heterocycles. The molecule has 0 bridgehead atoms. The molecular formula is C13H17FN2O2. The van der Waals surface area contributed by atoms with E-state index in [4.69, 9.17) is 0 Å². The molecule has 5 heteroatoms. The van der Waals surface area contributed by atoms with Crippen LogP contribution in [0.3, 0.4) is 0 Å². The maximum atomic E-state index is 13.6. The summed E-state index contributed by atoms with van der Waals surface area (Å²) in [6, 6.07) is 3.84. The third-order valence-corrected chi connectivity index (χ3v) is 3.69. The van der Waals surface area contributed by atoms with E-state index in [0.717, 1.165) is 31.7 Å². The van der Waals surface area contributed by atoms with Crippen molar-refractivity contribution < 1.29 is 9.31 Å². The van der Waals surface area contributed by atoms with E-state index in [2.05, 4.69) is 12.2 Å². The van der Waals surface area contributed by atoms with Crippen LogP contribution in [0.25, 0.3) is 0 Å². The van der Waals surface area contributed by atoms with Crippen molar-refractivity contribution in [2.75, 3.05) is 5.32 Å². The molecule has 0 saturated heterocycles. The van der Waals surface area contributed by atoms with E-state index >= 15 is 0 Å². The summed E-state index contributed by atoms with van der Waals surface area (Å²) in [5.41, 5.74) is 0.166.